The molecular formula is C27H23F2NO5. The average Bonchev–Trinajstić information content (AvgIpc) is 3.10. The molecule has 4 rings (SSSR count). The summed E-state index contributed by atoms with van der Waals surface area (Å²) in [5.41, 5.74) is 0.376. The van der Waals surface area contributed by atoms with E-state index in [1.807, 2.05) is 13.8 Å². The molecule has 1 atom stereocenters. The van der Waals surface area contributed by atoms with Gasteiger partial charge in [-0.3, -0.25) is 14.5 Å². The number of phenolic OH excluding ortho intramolecular Hbond substituents is 1. The molecule has 3 aromatic rings. The number of carbonyl (C=O) groups excluding carboxylic acids is 2. The zero-order chi connectivity index (χ0) is 25.3. The number of rotatable bonds is 6. The van der Waals surface area contributed by atoms with Crippen molar-refractivity contribution in [1.82, 2.24) is 0 Å². The highest BCUT2D eigenvalue weighted by atomic mass is 19.2. The predicted octanol–water partition coefficient (Wildman–Crippen LogP) is 5.33. The molecule has 180 valence electrons. The number of ketones is 1. The van der Waals surface area contributed by atoms with Crippen molar-refractivity contribution in [2.24, 2.45) is 5.92 Å². The molecule has 0 aliphatic carbocycles. The number of amides is 1. The molecule has 1 fully saturated rings. The van der Waals surface area contributed by atoms with Crippen LogP contribution in [0.1, 0.15) is 31.0 Å². The van der Waals surface area contributed by atoms with Crippen molar-refractivity contribution in [2.75, 3.05) is 11.5 Å². The summed E-state index contributed by atoms with van der Waals surface area (Å²) in [6.45, 7) is 4.52. The zero-order valence-electron chi connectivity index (χ0n) is 19.0. The number of aliphatic hydroxyl groups excluding tert-OH is 1. The summed E-state index contributed by atoms with van der Waals surface area (Å²) in [6, 6.07) is 13.8. The van der Waals surface area contributed by atoms with Crippen LogP contribution in [0.25, 0.3) is 5.76 Å². The monoisotopic (exact) mass is 479 g/mol. The second kappa shape index (κ2) is 9.58. The van der Waals surface area contributed by atoms with E-state index in [9.17, 15) is 28.6 Å². The number of ether oxygens (including phenoxy) is 1. The largest absolute Gasteiger partial charge is 0.508 e. The van der Waals surface area contributed by atoms with Gasteiger partial charge in [-0.05, 0) is 60.0 Å². The van der Waals surface area contributed by atoms with E-state index in [1.165, 1.54) is 30.3 Å². The second-order valence-electron chi connectivity index (χ2n) is 8.59. The van der Waals surface area contributed by atoms with E-state index in [0.717, 1.165) is 17.0 Å². The van der Waals surface area contributed by atoms with Gasteiger partial charge in [0.15, 0.2) is 11.6 Å². The van der Waals surface area contributed by atoms with E-state index in [1.54, 1.807) is 24.3 Å². The first kappa shape index (κ1) is 23.9. The molecule has 1 saturated heterocycles. The summed E-state index contributed by atoms with van der Waals surface area (Å²) in [5.74, 6) is -3.86. The Morgan fingerprint density at radius 2 is 1.63 bits per heavy atom. The van der Waals surface area contributed by atoms with Crippen molar-refractivity contribution in [3.63, 3.8) is 0 Å². The van der Waals surface area contributed by atoms with Gasteiger partial charge in [0.25, 0.3) is 11.7 Å². The lowest BCUT2D eigenvalue weighted by Crippen LogP contribution is -2.29. The molecule has 1 heterocycles. The minimum absolute atomic E-state index is 0.0458. The Morgan fingerprint density at radius 3 is 2.23 bits per heavy atom. The fraction of sp³-hybridized carbons (Fsp3) is 0.185. The number of carbonyl (C=O) groups is 2. The molecule has 1 aliphatic rings. The van der Waals surface area contributed by atoms with Gasteiger partial charge in [-0.1, -0.05) is 26.0 Å². The van der Waals surface area contributed by atoms with E-state index < -0.39 is 35.1 Å². The fourth-order valence-corrected chi connectivity index (χ4v) is 3.83. The zero-order valence-corrected chi connectivity index (χ0v) is 19.0. The molecule has 0 bridgehead atoms. The lowest BCUT2D eigenvalue weighted by molar-refractivity contribution is -0.132. The van der Waals surface area contributed by atoms with Crippen molar-refractivity contribution in [1.29, 1.82) is 0 Å². The molecule has 2 N–H and O–H groups in total. The Labute approximate surface area is 200 Å². The van der Waals surface area contributed by atoms with Gasteiger partial charge in [0.1, 0.15) is 17.3 Å². The summed E-state index contributed by atoms with van der Waals surface area (Å²) < 4.78 is 33.2. The number of Topliss-reactive ketones (excluding diaryl/α,β-unsaturated/α-hetero) is 1. The molecule has 1 aliphatic heterocycles. The van der Waals surface area contributed by atoms with Crippen LogP contribution in [-0.2, 0) is 9.59 Å². The van der Waals surface area contributed by atoms with Crippen molar-refractivity contribution >= 4 is 23.1 Å². The Hall–Kier alpha value is -4.20. The number of aliphatic hydroxyl groups is 1. The number of hydrogen-bond donors (Lipinski definition) is 2. The number of nitrogens with zero attached hydrogens (tertiary/aromatic N) is 1. The molecule has 8 heteroatoms. The standard InChI is InChI=1S/C27H23F2NO5/c1-15(2)14-35-20-10-5-17(6-11-20)25(32)23-24(16-3-8-19(31)9-4-16)30(27(34)26(23)33)18-7-12-21(28)22(29)13-18/h3-13,15,24,31-32H,14H2,1-2H3/b25-23+. The third kappa shape index (κ3) is 4.73. The van der Waals surface area contributed by atoms with Crippen LogP contribution in [0, 0.1) is 17.6 Å². The molecule has 35 heavy (non-hydrogen) atoms. The van der Waals surface area contributed by atoms with Gasteiger partial charge in [0.05, 0.1) is 18.2 Å². The van der Waals surface area contributed by atoms with Crippen LogP contribution >= 0.6 is 0 Å². The van der Waals surface area contributed by atoms with Crippen molar-refractivity contribution in [3.8, 4) is 11.5 Å². The highest BCUT2D eigenvalue weighted by Crippen LogP contribution is 2.42. The van der Waals surface area contributed by atoms with Gasteiger partial charge in [0, 0.05) is 17.3 Å². The smallest absolute Gasteiger partial charge is 0.300 e. The lowest BCUT2D eigenvalue weighted by Gasteiger charge is -2.25. The summed E-state index contributed by atoms with van der Waals surface area (Å²) >= 11 is 0. The van der Waals surface area contributed by atoms with E-state index >= 15 is 0 Å². The molecule has 1 amide bonds. The average molecular weight is 479 g/mol. The van der Waals surface area contributed by atoms with Crippen LogP contribution in [0.15, 0.2) is 72.3 Å². The minimum Gasteiger partial charge on any atom is -0.508 e. The molecular weight excluding hydrogens is 456 g/mol. The van der Waals surface area contributed by atoms with E-state index in [4.69, 9.17) is 4.74 Å². The maximum atomic E-state index is 14.0. The Bertz CT molecular complexity index is 1300. The van der Waals surface area contributed by atoms with Crippen LogP contribution in [-0.4, -0.2) is 28.5 Å². The maximum Gasteiger partial charge on any atom is 0.300 e. The molecule has 0 radical (unpaired) electrons. The van der Waals surface area contributed by atoms with Crippen molar-refractivity contribution in [3.05, 3.63) is 95.1 Å². The first-order chi connectivity index (χ1) is 16.7. The number of halogens is 2. The predicted molar refractivity (Wildman–Crippen MR) is 126 cm³/mol. The molecule has 0 spiro atoms. The van der Waals surface area contributed by atoms with Crippen LogP contribution in [0.4, 0.5) is 14.5 Å². The number of phenols is 1. The Kier molecular flexibility index (Phi) is 6.55. The third-order valence-corrected chi connectivity index (χ3v) is 5.55. The quantitative estimate of drug-likeness (QED) is 0.283. The van der Waals surface area contributed by atoms with Crippen LogP contribution in [0.5, 0.6) is 11.5 Å². The highest BCUT2D eigenvalue weighted by molar-refractivity contribution is 6.51. The SMILES string of the molecule is CC(C)COc1ccc(/C(O)=C2\C(=O)C(=O)N(c3ccc(F)c(F)c3)C2c2ccc(O)cc2)cc1. The third-order valence-electron chi connectivity index (χ3n) is 5.55. The Morgan fingerprint density at radius 1 is 0.971 bits per heavy atom. The van der Waals surface area contributed by atoms with Gasteiger partial charge in [-0.15, -0.1) is 0 Å². The lowest BCUT2D eigenvalue weighted by atomic mass is 9.95. The summed E-state index contributed by atoms with van der Waals surface area (Å²) in [4.78, 5) is 27.2. The molecule has 1 unspecified atom stereocenters. The summed E-state index contributed by atoms with van der Waals surface area (Å²) in [5, 5.41) is 20.8. The second-order valence-corrected chi connectivity index (χ2v) is 8.59. The first-order valence-corrected chi connectivity index (χ1v) is 11.0. The normalized spacial score (nSPS) is 17.3. The topological polar surface area (TPSA) is 87.1 Å². The van der Waals surface area contributed by atoms with Gasteiger partial charge < -0.3 is 14.9 Å². The molecule has 0 saturated carbocycles. The van der Waals surface area contributed by atoms with E-state index in [0.29, 0.717) is 23.8 Å². The van der Waals surface area contributed by atoms with Crippen LogP contribution < -0.4 is 9.64 Å². The number of aromatic hydroxyl groups is 1. The van der Waals surface area contributed by atoms with E-state index in [-0.39, 0.29) is 22.6 Å². The summed E-state index contributed by atoms with van der Waals surface area (Å²) in [7, 11) is 0. The summed E-state index contributed by atoms with van der Waals surface area (Å²) in [6.07, 6.45) is 0. The Balaban J connectivity index is 1.83. The first-order valence-electron chi connectivity index (χ1n) is 11.0. The fourth-order valence-electron chi connectivity index (χ4n) is 3.83. The van der Waals surface area contributed by atoms with Gasteiger partial charge in [-0.2, -0.15) is 0 Å². The van der Waals surface area contributed by atoms with E-state index in [2.05, 4.69) is 0 Å². The number of benzene rings is 3. The van der Waals surface area contributed by atoms with Crippen LogP contribution in [0.2, 0.25) is 0 Å². The maximum absolute atomic E-state index is 14.0. The highest BCUT2D eigenvalue weighted by Gasteiger charge is 2.47. The minimum atomic E-state index is -1.19. The van der Waals surface area contributed by atoms with Crippen LogP contribution in [0.3, 0.4) is 0 Å². The van der Waals surface area contributed by atoms with Crippen molar-refractivity contribution < 1.29 is 33.3 Å². The molecule has 0 aromatic heterocycles. The number of anilines is 1. The molecule has 3 aromatic carbocycles. The number of hydrogen-bond acceptors (Lipinski definition) is 5. The molecule has 6 nitrogen and oxygen atoms in total. The van der Waals surface area contributed by atoms with Crippen molar-refractivity contribution in [2.45, 2.75) is 19.9 Å². The van der Waals surface area contributed by atoms with Gasteiger partial charge in [0.2, 0.25) is 0 Å². The van der Waals surface area contributed by atoms with Gasteiger partial charge in [-0.25, -0.2) is 8.78 Å². The van der Waals surface area contributed by atoms with Gasteiger partial charge >= 0.3 is 0 Å².